The molecule has 3 N–H and O–H groups in total. The summed E-state index contributed by atoms with van der Waals surface area (Å²) in [7, 11) is 1.54. The largest absolute Gasteiger partial charge is 0.365 e. The summed E-state index contributed by atoms with van der Waals surface area (Å²) in [5.74, 6) is -0.879. The maximum absolute atomic E-state index is 9.52. The molecule has 0 bridgehead atoms. The van der Waals surface area contributed by atoms with Crippen LogP contribution in [0.4, 0.5) is 0 Å². The third kappa shape index (κ3) is 1.68. The standard InChI is InChI=1S/C7H15NO2/c1-10-7(9)4-2-6(8)3-5-7/h6,9H,2-5,8H2,1H3. The van der Waals surface area contributed by atoms with Crippen molar-refractivity contribution in [1.82, 2.24) is 0 Å². The summed E-state index contributed by atoms with van der Waals surface area (Å²) in [6.45, 7) is 0. The van der Waals surface area contributed by atoms with Gasteiger partial charge in [0.25, 0.3) is 0 Å². The van der Waals surface area contributed by atoms with Gasteiger partial charge in [-0.1, -0.05) is 0 Å². The molecule has 0 aromatic heterocycles. The summed E-state index contributed by atoms with van der Waals surface area (Å²) in [5.41, 5.74) is 5.64. The molecule has 0 aliphatic heterocycles. The van der Waals surface area contributed by atoms with E-state index in [1.54, 1.807) is 0 Å². The van der Waals surface area contributed by atoms with Crippen molar-refractivity contribution in [1.29, 1.82) is 0 Å². The van der Waals surface area contributed by atoms with Crippen LogP contribution in [-0.2, 0) is 4.74 Å². The van der Waals surface area contributed by atoms with E-state index in [2.05, 4.69) is 0 Å². The van der Waals surface area contributed by atoms with E-state index in [9.17, 15) is 5.11 Å². The van der Waals surface area contributed by atoms with Crippen LogP contribution in [-0.4, -0.2) is 24.0 Å². The lowest BCUT2D eigenvalue weighted by atomic mass is 9.91. The van der Waals surface area contributed by atoms with Crippen molar-refractivity contribution in [3.63, 3.8) is 0 Å². The number of aliphatic hydroxyl groups is 1. The van der Waals surface area contributed by atoms with Gasteiger partial charge in [0, 0.05) is 26.0 Å². The highest BCUT2D eigenvalue weighted by Gasteiger charge is 2.31. The summed E-state index contributed by atoms with van der Waals surface area (Å²) in [6.07, 6.45) is 3.07. The number of nitrogens with two attached hydrogens (primary N) is 1. The quantitative estimate of drug-likeness (QED) is 0.519. The summed E-state index contributed by atoms with van der Waals surface area (Å²) in [6, 6.07) is 0.260. The van der Waals surface area contributed by atoms with Gasteiger partial charge in [-0.3, -0.25) is 0 Å². The fraction of sp³-hybridized carbons (Fsp3) is 1.00. The molecule has 0 amide bonds. The Morgan fingerprint density at radius 1 is 1.50 bits per heavy atom. The zero-order valence-electron chi connectivity index (χ0n) is 6.34. The van der Waals surface area contributed by atoms with Crippen LogP contribution in [0.2, 0.25) is 0 Å². The maximum atomic E-state index is 9.52. The van der Waals surface area contributed by atoms with Crippen molar-refractivity contribution in [2.24, 2.45) is 5.73 Å². The number of methoxy groups -OCH3 is 1. The minimum atomic E-state index is -0.879. The van der Waals surface area contributed by atoms with Crippen LogP contribution in [0.1, 0.15) is 25.7 Å². The third-order valence-electron chi connectivity index (χ3n) is 2.19. The number of rotatable bonds is 1. The van der Waals surface area contributed by atoms with E-state index in [-0.39, 0.29) is 6.04 Å². The Balaban J connectivity index is 2.38. The highest BCUT2D eigenvalue weighted by atomic mass is 16.6. The Bertz CT molecular complexity index is 108. The lowest BCUT2D eigenvalue weighted by Crippen LogP contribution is -2.40. The Morgan fingerprint density at radius 2 is 2.00 bits per heavy atom. The van der Waals surface area contributed by atoms with Crippen LogP contribution >= 0.6 is 0 Å². The second-order valence-corrected chi connectivity index (χ2v) is 2.99. The summed E-state index contributed by atoms with van der Waals surface area (Å²) < 4.78 is 4.93. The van der Waals surface area contributed by atoms with Crippen LogP contribution in [0.25, 0.3) is 0 Å². The van der Waals surface area contributed by atoms with E-state index in [1.165, 1.54) is 7.11 Å². The van der Waals surface area contributed by atoms with Crippen molar-refractivity contribution in [2.75, 3.05) is 7.11 Å². The Labute approximate surface area is 61.2 Å². The normalized spacial score (nSPS) is 41.7. The van der Waals surface area contributed by atoms with Gasteiger partial charge in [-0.05, 0) is 12.8 Å². The first-order chi connectivity index (χ1) is 4.66. The highest BCUT2D eigenvalue weighted by molar-refractivity contribution is 4.79. The minimum absolute atomic E-state index is 0.260. The molecule has 0 aromatic rings. The van der Waals surface area contributed by atoms with Crippen LogP contribution in [0.3, 0.4) is 0 Å². The van der Waals surface area contributed by atoms with Crippen LogP contribution in [0, 0.1) is 0 Å². The molecule has 0 aromatic carbocycles. The molecule has 10 heavy (non-hydrogen) atoms. The first kappa shape index (κ1) is 7.98. The third-order valence-corrected chi connectivity index (χ3v) is 2.19. The van der Waals surface area contributed by atoms with Gasteiger partial charge < -0.3 is 15.6 Å². The fourth-order valence-corrected chi connectivity index (χ4v) is 1.30. The Hall–Kier alpha value is -0.120. The zero-order valence-corrected chi connectivity index (χ0v) is 6.34. The fourth-order valence-electron chi connectivity index (χ4n) is 1.30. The van der Waals surface area contributed by atoms with E-state index in [1.807, 2.05) is 0 Å². The van der Waals surface area contributed by atoms with Gasteiger partial charge in [0.1, 0.15) is 0 Å². The number of hydrogen-bond donors (Lipinski definition) is 2. The molecular formula is C7H15NO2. The predicted octanol–water partition coefficient (Wildman–Crippen LogP) is 0.223. The number of ether oxygens (including phenoxy) is 1. The van der Waals surface area contributed by atoms with Gasteiger partial charge in [-0.15, -0.1) is 0 Å². The summed E-state index contributed by atoms with van der Waals surface area (Å²) in [5, 5.41) is 9.52. The molecule has 3 nitrogen and oxygen atoms in total. The van der Waals surface area contributed by atoms with Crippen LogP contribution in [0.5, 0.6) is 0 Å². The van der Waals surface area contributed by atoms with E-state index < -0.39 is 5.79 Å². The molecule has 0 radical (unpaired) electrons. The Kier molecular flexibility index (Phi) is 2.28. The topological polar surface area (TPSA) is 55.5 Å². The second-order valence-electron chi connectivity index (χ2n) is 2.99. The zero-order chi connectivity index (χ0) is 7.61. The van der Waals surface area contributed by atoms with Gasteiger partial charge in [0.05, 0.1) is 0 Å². The maximum Gasteiger partial charge on any atom is 0.165 e. The molecule has 1 fully saturated rings. The van der Waals surface area contributed by atoms with Crippen molar-refractivity contribution < 1.29 is 9.84 Å². The van der Waals surface area contributed by atoms with E-state index in [0.717, 1.165) is 12.8 Å². The molecule has 60 valence electrons. The molecule has 1 saturated carbocycles. The van der Waals surface area contributed by atoms with E-state index >= 15 is 0 Å². The average Bonchev–Trinajstić information content (AvgIpc) is 1.96. The highest BCUT2D eigenvalue weighted by Crippen LogP contribution is 2.27. The Morgan fingerprint density at radius 3 is 2.40 bits per heavy atom. The molecule has 1 aliphatic rings. The molecule has 1 aliphatic carbocycles. The summed E-state index contributed by atoms with van der Waals surface area (Å²) >= 11 is 0. The predicted molar refractivity (Wildman–Crippen MR) is 38.4 cm³/mol. The van der Waals surface area contributed by atoms with Gasteiger partial charge in [0.15, 0.2) is 5.79 Å². The van der Waals surface area contributed by atoms with Gasteiger partial charge >= 0.3 is 0 Å². The first-order valence-electron chi connectivity index (χ1n) is 3.69. The summed E-state index contributed by atoms with van der Waals surface area (Å²) in [4.78, 5) is 0. The first-order valence-corrected chi connectivity index (χ1v) is 3.69. The van der Waals surface area contributed by atoms with E-state index in [0.29, 0.717) is 12.8 Å². The van der Waals surface area contributed by atoms with Gasteiger partial charge in [-0.2, -0.15) is 0 Å². The molecule has 0 heterocycles. The molecule has 0 atom stereocenters. The van der Waals surface area contributed by atoms with Gasteiger partial charge in [0.2, 0.25) is 0 Å². The van der Waals surface area contributed by atoms with Crippen molar-refractivity contribution in [3.8, 4) is 0 Å². The average molecular weight is 145 g/mol. The second kappa shape index (κ2) is 2.86. The lowest BCUT2D eigenvalue weighted by molar-refractivity contribution is -0.204. The van der Waals surface area contributed by atoms with Crippen LogP contribution < -0.4 is 5.73 Å². The smallest absolute Gasteiger partial charge is 0.165 e. The number of hydrogen-bond acceptors (Lipinski definition) is 3. The molecular weight excluding hydrogens is 130 g/mol. The minimum Gasteiger partial charge on any atom is -0.365 e. The SMILES string of the molecule is COC1(O)CCC(N)CC1. The molecule has 1 rings (SSSR count). The monoisotopic (exact) mass is 145 g/mol. The molecule has 0 spiro atoms. The van der Waals surface area contributed by atoms with Gasteiger partial charge in [-0.25, -0.2) is 0 Å². The molecule has 0 unspecified atom stereocenters. The van der Waals surface area contributed by atoms with E-state index in [4.69, 9.17) is 10.5 Å². The van der Waals surface area contributed by atoms with Crippen LogP contribution in [0.15, 0.2) is 0 Å². The van der Waals surface area contributed by atoms with Crippen molar-refractivity contribution in [3.05, 3.63) is 0 Å². The van der Waals surface area contributed by atoms with Crippen molar-refractivity contribution >= 4 is 0 Å². The lowest BCUT2D eigenvalue weighted by Gasteiger charge is -2.33. The molecule has 0 saturated heterocycles. The molecule has 3 heteroatoms. The van der Waals surface area contributed by atoms with Crippen molar-refractivity contribution in [2.45, 2.75) is 37.5 Å².